The van der Waals surface area contributed by atoms with E-state index < -0.39 is 17.8 Å². The highest BCUT2D eigenvalue weighted by Gasteiger charge is 2.33. The Kier molecular flexibility index (Phi) is 4.44. The zero-order valence-corrected chi connectivity index (χ0v) is 12.7. The maximum absolute atomic E-state index is 13.1. The van der Waals surface area contributed by atoms with Gasteiger partial charge in [-0.05, 0) is 26.8 Å². The Morgan fingerprint density at radius 3 is 2.45 bits per heavy atom. The standard InChI is InChI=1S/C16H19F3N2O/c1-15(2,3)21-9-13(22)11-6-4-5-10-12(16(17,18)19)7-8-20-14(10)11/h4-8,13,21-22H,9H2,1-3H3/t13-/m1/s1. The number of para-hydroxylation sites is 1. The molecule has 3 nitrogen and oxygen atoms in total. The van der Waals surface area contributed by atoms with Gasteiger partial charge in [0, 0.05) is 29.2 Å². The topological polar surface area (TPSA) is 45.1 Å². The van der Waals surface area contributed by atoms with Gasteiger partial charge < -0.3 is 10.4 Å². The van der Waals surface area contributed by atoms with E-state index in [1.807, 2.05) is 20.8 Å². The van der Waals surface area contributed by atoms with Crippen LogP contribution in [0.5, 0.6) is 0 Å². The van der Waals surface area contributed by atoms with Crippen molar-refractivity contribution >= 4 is 10.9 Å². The summed E-state index contributed by atoms with van der Waals surface area (Å²) in [5.74, 6) is 0. The molecule has 2 N–H and O–H groups in total. The number of pyridine rings is 1. The van der Waals surface area contributed by atoms with Gasteiger partial charge in [0.25, 0.3) is 0 Å². The average Bonchev–Trinajstić information content (AvgIpc) is 2.41. The molecule has 0 aliphatic rings. The molecule has 0 fully saturated rings. The monoisotopic (exact) mass is 312 g/mol. The first-order valence-corrected chi connectivity index (χ1v) is 6.97. The molecule has 120 valence electrons. The number of β-amino-alcohol motifs (C(OH)–C–C–N with tert-alkyl or cyclic N) is 1. The highest BCUT2D eigenvalue weighted by molar-refractivity contribution is 5.85. The van der Waals surface area contributed by atoms with Crippen LogP contribution in [0, 0.1) is 0 Å². The van der Waals surface area contributed by atoms with Crippen LogP contribution in [0.2, 0.25) is 0 Å². The first kappa shape index (κ1) is 16.7. The van der Waals surface area contributed by atoms with Crippen molar-refractivity contribution in [2.75, 3.05) is 6.54 Å². The molecule has 0 aliphatic carbocycles. The molecule has 0 aliphatic heterocycles. The quantitative estimate of drug-likeness (QED) is 0.909. The summed E-state index contributed by atoms with van der Waals surface area (Å²) < 4.78 is 39.2. The molecule has 0 saturated heterocycles. The number of aliphatic hydroxyl groups excluding tert-OH is 1. The van der Waals surface area contributed by atoms with Crippen LogP contribution in [-0.2, 0) is 6.18 Å². The molecule has 22 heavy (non-hydrogen) atoms. The number of rotatable bonds is 3. The number of aliphatic hydroxyl groups is 1. The lowest BCUT2D eigenvalue weighted by Crippen LogP contribution is -2.38. The zero-order chi connectivity index (χ0) is 16.5. The van der Waals surface area contributed by atoms with Crippen LogP contribution in [0.4, 0.5) is 13.2 Å². The number of aromatic nitrogens is 1. The van der Waals surface area contributed by atoms with Crippen LogP contribution in [0.25, 0.3) is 10.9 Å². The van der Waals surface area contributed by atoms with Crippen LogP contribution in [0.3, 0.4) is 0 Å². The Morgan fingerprint density at radius 2 is 1.86 bits per heavy atom. The molecule has 2 aromatic rings. The molecule has 0 amide bonds. The predicted molar refractivity (Wildman–Crippen MR) is 79.5 cm³/mol. The molecule has 0 spiro atoms. The number of nitrogens with one attached hydrogen (secondary N) is 1. The lowest BCUT2D eigenvalue weighted by Gasteiger charge is -2.23. The van der Waals surface area contributed by atoms with Crippen molar-refractivity contribution in [1.29, 1.82) is 0 Å². The molecule has 0 bridgehead atoms. The molecular formula is C16H19F3N2O. The highest BCUT2D eigenvalue weighted by atomic mass is 19.4. The minimum atomic E-state index is -4.45. The molecule has 1 atom stereocenters. The van der Waals surface area contributed by atoms with Gasteiger partial charge in [-0.3, -0.25) is 4.98 Å². The lowest BCUT2D eigenvalue weighted by atomic mass is 10.0. The minimum Gasteiger partial charge on any atom is -0.387 e. The minimum absolute atomic E-state index is 0.00214. The van der Waals surface area contributed by atoms with E-state index in [4.69, 9.17) is 0 Å². The Morgan fingerprint density at radius 1 is 1.18 bits per heavy atom. The molecule has 0 saturated carbocycles. The maximum Gasteiger partial charge on any atom is 0.417 e. The Labute approximate surface area is 127 Å². The van der Waals surface area contributed by atoms with Crippen molar-refractivity contribution in [1.82, 2.24) is 10.3 Å². The molecule has 6 heteroatoms. The second kappa shape index (κ2) is 5.85. The van der Waals surface area contributed by atoms with Gasteiger partial charge in [0.1, 0.15) is 0 Å². The summed E-state index contributed by atoms with van der Waals surface area (Å²) in [6.45, 7) is 6.08. The molecule has 2 rings (SSSR count). The number of hydrogen-bond donors (Lipinski definition) is 2. The van der Waals surface area contributed by atoms with E-state index in [-0.39, 0.29) is 23.0 Å². The fourth-order valence-electron chi connectivity index (χ4n) is 2.23. The van der Waals surface area contributed by atoms with E-state index in [0.717, 1.165) is 12.3 Å². The first-order valence-electron chi connectivity index (χ1n) is 6.97. The third-order valence-corrected chi connectivity index (χ3v) is 3.29. The van der Waals surface area contributed by atoms with Crippen LogP contribution in [0.1, 0.15) is 38.0 Å². The Balaban J connectivity index is 2.44. The summed E-state index contributed by atoms with van der Waals surface area (Å²) in [6.07, 6.45) is -4.26. The summed E-state index contributed by atoms with van der Waals surface area (Å²) in [6, 6.07) is 5.43. The van der Waals surface area contributed by atoms with Crippen LogP contribution >= 0.6 is 0 Å². The van der Waals surface area contributed by atoms with E-state index in [9.17, 15) is 18.3 Å². The number of nitrogens with zero attached hydrogens (tertiary/aromatic N) is 1. The number of alkyl halides is 3. The molecular weight excluding hydrogens is 293 g/mol. The van der Waals surface area contributed by atoms with E-state index in [0.29, 0.717) is 5.56 Å². The maximum atomic E-state index is 13.1. The van der Waals surface area contributed by atoms with Crippen molar-refractivity contribution in [3.8, 4) is 0 Å². The molecule has 0 radical (unpaired) electrons. The van der Waals surface area contributed by atoms with Gasteiger partial charge in [0.15, 0.2) is 0 Å². The van der Waals surface area contributed by atoms with Gasteiger partial charge in [0.2, 0.25) is 0 Å². The molecule has 0 unspecified atom stereocenters. The van der Waals surface area contributed by atoms with Crippen molar-refractivity contribution in [3.63, 3.8) is 0 Å². The van der Waals surface area contributed by atoms with Crippen LogP contribution in [0.15, 0.2) is 30.5 Å². The fraction of sp³-hybridized carbons (Fsp3) is 0.438. The molecule has 1 aromatic carbocycles. The highest BCUT2D eigenvalue weighted by Crippen LogP contribution is 2.35. The molecule has 1 aromatic heterocycles. The second-order valence-electron chi connectivity index (χ2n) is 6.25. The lowest BCUT2D eigenvalue weighted by molar-refractivity contribution is -0.136. The Bertz CT molecular complexity index is 662. The van der Waals surface area contributed by atoms with Gasteiger partial charge in [0.05, 0.1) is 17.2 Å². The van der Waals surface area contributed by atoms with Crippen LogP contribution in [-0.4, -0.2) is 22.2 Å². The summed E-state index contributed by atoms with van der Waals surface area (Å²) in [5, 5.41) is 13.4. The predicted octanol–water partition coefficient (Wildman–Crippen LogP) is 3.68. The van der Waals surface area contributed by atoms with Gasteiger partial charge in [-0.1, -0.05) is 18.2 Å². The fourth-order valence-corrected chi connectivity index (χ4v) is 2.23. The largest absolute Gasteiger partial charge is 0.417 e. The average molecular weight is 312 g/mol. The van der Waals surface area contributed by atoms with Gasteiger partial charge in [-0.15, -0.1) is 0 Å². The van der Waals surface area contributed by atoms with Crippen molar-refractivity contribution in [2.45, 2.75) is 38.6 Å². The van der Waals surface area contributed by atoms with E-state index in [1.165, 1.54) is 12.1 Å². The van der Waals surface area contributed by atoms with Crippen molar-refractivity contribution in [3.05, 3.63) is 41.6 Å². The number of hydrogen-bond acceptors (Lipinski definition) is 3. The van der Waals surface area contributed by atoms with Crippen LogP contribution < -0.4 is 5.32 Å². The summed E-state index contributed by atoms with van der Waals surface area (Å²) in [5.41, 5.74) is -0.368. The smallest absolute Gasteiger partial charge is 0.387 e. The molecule has 1 heterocycles. The van der Waals surface area contributed by atoms with Gasteiger partial charge >= 0.3 is 6.18 Å². The first-order chi connectivity index (χ1) is 10.1. The van der Waals surface area contributed by atoms with Gasteiger partial charge in [-0.2, -0.15) is 13.2 Å². The third kappa shape index (κ3) is 3.75. The second-order valence-corrected chi connectivity index (χ2v) is 6.25. The third-order valence-electron chi connectivity index (χ3n) is 3.29. The number of fused-ring (bicyclic) bond motifs is 1. The summed E-state index contributed by atoms with van der Waals surface area (Å²) >= 11 is 0. The zero-order valence-electron chi connectivity index (χ0n) is 12.7. The number of halogens is 3. The normalized spacial score (nSPS) is 14.3. The number of benzene rings is 1. The van der Waals surface area contributed by atoms with E-state index >= 15 is 0 Å². The summed E-state index contributed by atoms with van der Waals surface area (Å²) in [4.78, 5) is 4.03. The summed E-state index contributed by atoms with van der Waals surface area (Å²) in [7, 11) is 0. The SMILES string of the molecule is CC(C)(C)NC[C@@H](O)c1cccc2c(C(F)(F)F)ccnc12. The van der Waals surface area contributed by atoms with E-state index in [2.05, 4.69) is 10.3 Å². The van der Waals surface area contributed by atoms with Crippen molar-refractivity contribution < 1.29 is 18.3 Å². The Hall–Kier alpha value is -1.66. The van der Waals surface area contributed by atoms with Gasteiger partial charge in [-0.25, -0.2) is 0 Å². The van der Waals surface area contributed by atoms with Crippen molar-refractivity contribution in [2.24, 2.45) is 0 Å². The van der Waals surface area contributed by atoms with E-state index in [1.54, 1.807) is 6.07 Å².